The van der Waals surface area contributed by atoms with Gasteiger partial charge in [0.05, 0.1) is 18.6 Å². The largest absolute Gasteiger partial charge is 0.464 e. The Hall–Kier alpha value is -3.23. The molecule has 0 atom stereocenters. The SMILES string of the molecule is COC(=O)c1coc(CN(C(=O)c2ccc([N+](=O)[O-])cc2)C(C)(C)C)n1. The van der Waals surface area contributed by atoms with Crippen molar-refractivity contribution < 1.29 is 23.7 Å². The van der Waals surface area contributed by atoms with E-state index in [0.29, 0.717) is 5.56 Å². The molecule has 0 saturated heterocycles. The first-order valence-electron chi connectivity index (χ1n) is 7.72. The van der Waals surface area contributed by atoms with Crippen LogP contribution in [0.15, 0.2) is 34.9 Å². The van der Waals surface area contributed by atoms with E-state index in [2.05, 4.69) is 9.72 Å². The number of nitro groups is 1. The lowest BCUT2D eigenvalue weighted by Gasteiger charge is -2.34. The fourth-order valence-corrected chi connectivity index (χ4v) is 2.21. The summed E-state index contributed by atoms with van der Waals surface area (Å²) >= 11 is 0. The van der Waals surface area contributed by atoms with Crippen LogP contribution in [-0.2, 0) is 11.3 Å². The first-order chi connectivity index (χ1) is 12.1. The zero-order chi connectivity index (χ0) is 19.5. The molecular formula is C17H19N3O6. The molecule has 0 bridgehead atoms. The highest BCUT2D eigenvalue weighted by Crippen LogP contribution is 2.22. The molecule has 9 heteroatoms. The second kappa shape index (κ2) is 7.34. The third-order valence-corrected chi connectivity index (χ3v) is 3.62. The van der Waals surface area contributed by atoms with Crippen molar-refractivity contribution in [2.75, 3.05) is 7.11 Å². The standard InChI is InChI=1S/C17H19N3O6/c1-17(2,3)19(9-14-18-13(10-26-14)16(22)25-4)15(21)11-5-7-12(8-6-11)20(23)24/h5-8,10H,9H2,1-4H3. The number of nitro benzene ring substituents is 1. The smallest absolute Gasteiger partial charge is 0.360 e. The summed E-state index contributed by atoms with van der Waals surface area (Å²) in [7, 11) is 1.23. The Kier molecular flexibility index (Phi) is 5.39. The number of rotatable bonds is 5. The maximum atomic E-state index is 12.9. The lowest BCUT2D eigenvalue weighted by molar-refractivity contribution is -0.384. The molecule has 0 saturated carbocycles. The van der Waals surface area contributed by atoms with Crippen LogP contribution in [0.4, 0.5) is 5.69 Å². The Balaban J connectivity index is 2.27. The minimum atomic E-state index is -0.635. The van der Waals surface area contributed by atoms with Gasteiger partial charge in [-0.3, -0.25) is 14.9 Å². The third-order valence-electron chi connectivity index (χ3n) is 3.62. The van der Waals surface area contributed by atoms with Gasteiger partial charge >= 0.3 is 5.97 Å². The van der Waals surface area contributed by atoms with Gasteiger partial charge in [0.2, 0.25) is 5.89 Å². The number of oxazole rings is 1. The number of benzene rings is 1. The first-order valence-corrected chi connectivity index (χ1v) is 7.72. The van der Waals surface area contributed by atoms with Gasteiger partial charge in [0, 0.05) is 23.2 Å². The van der Waals surface area contributed by atoms with Gasteiger partial charge in [0.15, 0.2) is 5.69 Å². The summed E-state index contributed by atoms with van der Waals surface area (Å²) in [6.07, 6.45) is 1.17. The summed E-state index contributed by atoms with van der Waals surface area (Å²) in [6.45, 7) is 5.53. The molecule has 1 heterocycles. The molecule has 0 N–H and O–H groups in total. The first kappa shape index (κ1) is 19.1. The summed E-state index contributed by atoms with van der Waals surface area (Å²) in [5.74, 6) is -0.801. The number of hydrogen-bond donors (Lipinski definition) is 0. The number of amides is 1. The van der Waals surface area contributed by atoms with Gasteiger partial charge in [-0.15, -0.1) is 0 Å². The summed E-state index contributed by atoms with van der Waals surface area (Å²) in [6, 6.07) is 5.34. The molecule has 0 aliphatic rings. The fourth-order valence-electron chi connectivity index (χ4n) is 2.21. The van der Waals surface area contributed by atoms with E-state index in [1.54, 1.807) is 0 Å². The van der Waals surface area contributed by atoms with Crippen molar-refractivity contribution in [1.29, 1.82) is 0 Å². The number of carbonyl (C=O) groups excluding carboxylic acids is 2. The average molecular weight is 361 g/mol. The van der Waals surface area contributed by atoms with E-state index in [-0.39, 0.29) is 29.7 Å². The second-order valence-corrected chi connectivity index (χ2v) is 6.48. The Morgan fingerprint density at radius 3 is 2.38 bits per heavy atom. The molecule has 1 aromatic heterocycles. The van der Waals surface area contributed by atoms with Gasteiger partial charge < -0.3 is 14.1 Å². The van der Waals surface area contributed by atoms with Crippen molar-refractivity contribution in [3.8, 4) is 0 Å². The van der Waals surface area contributed by atoms with E-state index in [0.717, 1.165) is 0 Å². The highest BCUT2D eigenvalue weighted by Gasteiger charge is 2.29. The van der Waals surface area contributed by atoms with E-state index < -0.39 is 16.4 Å². The fraction of sp³-hybridized carbons (Fsp3) is 0.353. The molecule has 0 aliphatic heterocycles. The van der Waals surface area contributed by atoms with Crippen LogP contribution in [0.3, 0.4) is 0 Å². The number of non-ortho nitro benzene ring substituents is 1. The van der Waals surface area contributed by atoms with Crippen LogP contribution in [0.5, 0.6) is 0 Å². The number of esters is 1. The van der Waals surface area contributed by atoms with Gasteiger partial charge in [0.25, 0.3) is 11.6 Å². The predicted molar refractivity (Wildman–Crippen MR) is 90.6 cm³/mol. The third kappa shape index (κ3) is 4.24. The Morgan fingerprint density at radius 2 is 1.88 bits per heavy atom. The number of ether oxygens (including phenoxy) is 1. The van der Waals surface area contributed by atoms with Crippen LogP contribution < -0.4 is 0 Å². The van der Waals surface area contributed by atoms with Crippen molar-refractivity contribution >= 4 is 17.6 Å². The van der Waals surface area contributed by atoms with Crippen molar-refractivity contribution in [2.24, 2.45) is 0 Å². The molecule has 0 aliphatic carbocycles. The Morgan fingerprint density at radius 1 is 1.27 bits per heavy atom. The maximum Gasteiger partial charge on any atom is 0.360 e. The zero-order valence-electron chi connectivity index (χ0n) is 14.9. The molecule has 0 fully saturated rings. The molecule has 0 spiro atoms. The van der Waals surface area contributed by atoms with Crippen molar-refractivity contribution in [3.05, 3.63) is 57.8 Å². The van der Waals surface area contributed by atoms with Crippen LogP contribution in [0.2, 0.25) is 0 Å². The Labute approximate surface area is 149 Å². The lowest BCUT2D eigenvalue weighted by Crippen LogP contribution is -2.45. The zero-order valence-corrected chi connectivity index (χ0v) is 14.9. The summed E-state index contributed by atoms with van der Waals surface area (Å²) in [5.41, 5.74) is -0.373. The minimum absolute atomic E-state index is 0.0131. The molecule has 2 aromatic rings. The van der Waals surface area contributed by atoms with E-state index in [1.165, 1.54) is 42.5 Å². The monoisotopic (exact) mass is 361 g/mol. The van der Waals surface area contributed by atoms with E-state index >= 15 is 0 Å². The van der Waals surface area contributed by atoms with E-state index in [1.807, 2.05) is 20.8 Å². The van der Waals surface area contributed by atoms with E-state index in [9.17, 15) is 19.7 Å². The number of hydrogen-bond acceptors (Lipinski definition) is 7. The normalized spacial score (nSPS) is 11.1. The predicted octanol–water partition coefficient (Wildman–Crippen LogP) is 2.81. The quantitative estimate of drug-likeness (QED) is 0.457. The molecule has 26 heavy (non-hydrogen) atoms. The number of carbonyl (C=O) groups is 2. The average Bonchev–Trinajstić information content (AvgIpc) is 3.06. The molecular weight excluding hydrogens is 342 g/mol. The Bertz CT molecular complexity index is 820. The lowest BCUT2D eigenvalue weighted by atomic mass is 10.0. The number of nitrogens with zero attached hydrogens (tertiary/aromatic N) is 3. The van der Waals surface area contributed by atoms with Gasteiger partial charge in [-0.2, -0.15) is 0 Å². The topological polar surface area (TPSA) is 116 Å². The van der Waals surface area contributed by atoms with Crippen molar-refractivity contribution in [1.82, 2.24) is 9.88 Å². The van der Waals surface area contributed by atoms with Crippen LogP contribution in [0.1, 0.15) is 47.5 Å². The van der Waals surface area contributed by atoms with Gasteiger partial charge in [-0.1, -0.05) is 0 Å². The molecule has 0 unspecified atom stereocenters. The van der Waals surface area contributed by atoms with Crippen LogP contribution >= 0.6 is 0 Å². The second-order valence-electron chi connectivity index (χ2n) is 6.48. The molecule has 1 amide bonds. The van der Waals surface area contributed by atoms with Crippen LogP contribution in [0, 0.1) is 10.1 Å². The van der Waals surface area contributed by atoms with E-state index in [4.69, 9.17) is 4.42 Å². The highest BCUT2D eigenvalue weighted by atomic mass is 16.6. The summed E-state index contributed by atoms with van der Waals surface area (Å²) < 4.78 is 9.83. The molecule has 2 rings (SSSR count). The number of aromatic nitrogens is 1. The van der Waals surface area contributed by atoms with Crippen molar-refractivity contribution in [2.45, 2.75) is 32.9 Å². The van der Waals surface area contributed by atoms with Gasteiger partial charge in [-0.25, -0.2) is 9.78 Å². The molecule has 9 nitrogen and oxygen atoms in total. The highest BCUT2D eigenvalue weighted by molar-refractivity contribution is 5.94. The number of methoxy groups -OCH3 is 1. The minimum Gasteiger partial charge on any atom is -0.464 e. The molecule has 0 radical (unpaired) electrons. The van der Waals surface area contributed by atoms with Crippen molar-refractivity contribution in [3.63, 3.8) is 0 Å². The van der Waals surface area contributed by atoms with Gasteiger partial charge in [-0.05, 0) is 32.9 Å². The molecule has 138 valence electrons. The summed E-state index contributed by atoms with van der Waals surface area (Å²) in [4.78, 5) is 40.1. The van der Waals surface area contributed by atoms with Crippen LogP contribution in [0.25, 0.3) is 0 Å². The molecule has 1 aromatic carbocycles. The summed E-state index contributed by atoms with van der Waals surface area (Å²) in [5, 5.41) is 10.8. The maximum absolute atomic E-state index is 12.9. The van der Waals surface area contributed by atoms with Gasteiger partial charge in [0.1, 0.15) is 6.26 Å². The van der Waals surface area contributed by atoms with Crippen LogP contribution in [-0.4, -0.2) is 39.3 Å².